The molecular weight excluding hydrogens is 456 g/mol. The lowest BCUT2D eigenvalue weighted by Gasteiger charge is -2.23. The van der Waals surface area contributed by atoms with Crippen molar-refractivity contribution < 1.29 is 14.3 Å². The summed E-state index contributed by atoms with van der Waals surface area (Å²) in [6.07, 6.45) is 2.63. The number of amides is 2. The van der Waals surface area contributed by atoms with Crippen molar-refractivity contribution in [2.24, 2.45) is 0 Å². The molecule has 0 radical (unpaired) electrons. The van der Waals surface area contributed by atoms with Crippen molar-refractivity contribution in [2.45, 2.75) is 6.42 Å². The maximum Gasteiger partial charge on any atom is 0.260 e. The van der Waals surface area contributed by atoms with Gasteiger partial charge in [-0.15, -0.1) is 0 Å². The van der Waals surface area contributed by atoms with Gasteiger partial charge in [0, 0.05) is 45.4 Å². The van der Waals surface area contributed by atoms with Gasteiger partial charge in [-0.2, -0.15) is 0 Å². The van der Waals surface area contributed by atoms with Crippen LogP contribution in [0.2, 0.25) is 0 Å². The Balaban J connectivity index is 1.43. The molecule has 0 spiro atoms. The number of nitrogens with one attached hydrogen (secondary N) is 2. The molecule has 9 heteroatoms. The lowest BCUT2D eigenvalue weighted by molar-refractivity contribution is 0.0766. The lowest BCUT2D eigenvalue weighted by atomic mass is 10.1. The summed E-state index contributed by atoms with van der Waals surface area (Å²) in [4.78, 5) is 36.1. The highest BCUT2D eigenvalue weighted by Gasteiger charge is 2.28. The number of rotatable bonds is 4. The Morgan fingerprint density at radius 2 is 1.83 bits per heavy atom. The Hall–Kier alpha value is -4.11. The number of hydrogen-bond donors (Lipinski definition) is 2. The van der Waals surface area contributed by atoms with E-state index in [0.717, 1.165) is 37.4 Å². The molecule has 36 heavy (non-hydrogen) atoms. The molecule has 3 heterocycles. The summed E-state index contributed by atoms with van der Waals surface area (Å²) < 4.78 is 5.62. The Morgan fingerprint density at radius 1 is 1.00 bits per heavy atom. The van der Waals surface area contributed by atoms with Crippen LogP contribution >= 0.6 is 0 Å². The van der Waals surface area contributed by atoms with Crippen molar-refractivity contribution in [3.8, 4) is 5.75 Å². The van der Waals surface area contributed by atoms with E-state index in [1.54, 1.807) is 31.3 Å². The highest BCUT2D eigenvalue weighted by Crippen LogP contribution is 2.40. The first-order valence-corrected chi connectivity index (χ1v) is 12.0. The normalized spacial score (nSPS) is 15.5. The van der Waals surface area contributed by atoms with Crippen molar-refractivity contribution >= 4 is 40.4 Å². The quantitative estimate of drug-likeness (QED) is 0.582. The van der Waals surface area contributed by atoms with E-state index in [1.165, 1.54) is 0 Å². The van der Waals surface area contributed by atoms with E-state index in [1.807, 2.05) is 59.3 Å². The molecular formula is C27H30N6O3. The third-order valence-corrected chi connectivity index (χ3v) is 6.72. The average Bonchev–Trinajstić information content (AvgIpc) is 3.24. The number of carbonyl (C=O) groups is 2. The molecule has 0 atom stereocenters. The Kier molecular flexibility index (Phi) is 6.47. The van der Waals surface area contributed by atoms with Crippen LogP contribution in [0.25, 0.3) is 0 Å². The minimum atomic E-state index is -0.0826. The molecule has 2 aromatic carbocycles. The van der Waals surface area contributed by atoms with Gasteiger partial charge in [-0.25, -0.2) is 4.98 Å². The third kappa shape index (κ3) is 4.33. The molecule has 1 aromatic heterocycles. The SMILES string of the molecule is COc1cc(C(=O)N2CCCNCC2)ccc1Nc1cc2c(cn1)N(C)C(=O)c1ccccc1N2C. The van der Waals surface area contributed by atoms with Crippen LogP contribution in [0, 0.1) is 0 Å². The first kappa shape index (κ1) is 23.6. The predicted octanol–water partition coefficient (Wildman–Crippen LogP) is 3.63. The monoisotopic (exact) mass is 486 g/mol. The van der Waals surface area contributed by atoms with Crippen molar-refractivity contribution in [1.82, 2.24) is 15.2 Å². The molecule has 1 fully saturated rings. The van der Waals surface area contributed by atoms with Crippen molar-refractivity contribution in [3.05, 3.63) is 65.9 Å². The van der Waals surface area contributed by atoms with Gasteiger partial charge in [0.15, 0.2) is 0 Å². The van der Waals surface area contributed by atoms with E-state index in [4.69, 9.17) is 4.74 Å². The molecule has 3 aromatic rings. The molecule has 2 aliphatic rings. The second kappa shape index (κ2) is 9.87. The minimum Gasteiger partial charge on any atom is -0.495 e. The van der Waals surface area contributed by atoms with Gasteiger partial charge in [0.05, 0.1) is 41.6 Å². The predicted molar refractivity (Wildman–Crippen MR) is 141 cm³/mol. The summed E-state index contributed by atoms with van der Waals surface area (Å²) in [7, 11) is 5.28. The summed E-state index contributed by atoms with van der Waals surface area (Å²) >= 11 is 0. The van der Waals surface area contributed by atoms with Gasteiger partial charge in [-0.3, -0.25) is 9.59 Å². The van der Waals surface area contributed by atoms with E-state index >= 15 is 0 Å². The standard InChI is InChI=1S/C27H30N6O3/c1-31-21-8-5-4-7-19(21)27(35)32(2)23-17-29-25(16-22(23)31)30-20-10-9-18(15-24(20)36-3)26(34)33-13-6-11-28-12-14-33/h4-5,7-10,15-17,28H,6,11-14H2,1-3H3,(H,29,30). The summed E-state index contributed by atoms with van der Waals surface area (Å²) in [5.74, 6) is 1.06. The number of fused-ring (bicyclic) bond motifs is 2. The average molecular weight is 487 g/mol. The number of para-hydroxylation sites is 1. The molecule has 0 bridgehead atoms. The number of benzene rings is 2. The van der Waals surface area contributed by atoms with Crippen LogP contribution in [-0.2, 0) is 0 Å². The molecule has 2 N–H and O–H groups in total. The van der Waals surface area contributed by atoms with Crippen LogP contribution in [-0.4, -0.2) is 69.1 Å². The number of hydrogen-bond acceptors (Lipinski definition) is 7. The molecule has 2 aliphatic heterocycles. The Bertz CT molecular complexity index is 1300. The third-order valence-electron chi connectivity index (χ3n) is 6.72. The lowest BCUT2D eigenvalue weighted by Crippen LogP contribution is -2.34. The van der Waals surface area contributed by atoms with Gasteiger partial charge in [-0.1, -0.05) is 12.1 Å². The van der Waals surface area contributed by atoms with Crippen LogP contribution in [0.5, 0.6) is 5.75 Å². The number of anilines is 5. The van der Waals surface area contributed by atoms with Crippen molar-refractivity contribution in [2.75, 3.05) is 62.5 Å². The van der Waals surface area contributed by atoms with Crippen LogP contribution in [0.4, 0.5) is 28.6 Å². The van der Waals surface area contributed by atoms with Gasteiger partial charge >= 0.3 is 0 Å². The van der Waals surface area contributed by atoms with Crippen molar-refractivity contribution in [1.29, 1.82) is 0 Å². The molecule has 186 valence electrons. The molecule has 2 amide bonds. The number of pyridine rings is 1. The van der Waals surface area contributed by atoms with E-state index < -0.39 is 0 Å². The largest absolute Gasteiger partial charge is 0.495 e. The van der Waals surface area contributed by atoms with E-state index in [2.05, 4.69) is 15.6 Å². The van der Waals surface area contributed by atoms with Crippen LogP contribution in [0.3, 0.4) is 0 Å². The molecule has 5 rings (SSSR count). The second-order valence-electron chi connectivity index (χ2n) is 8.93. The zero-order valence-corrected chi connectivity index (χ0v) is 20.7. The Labute approximate surface area is 210 Å². The van der Waals surface area contributed by atoms with E-state index in [0.29, 0.717) is 40.6 Å². The highest BCUT2D eigenvalue weighted by atomic mass is 16.5. The van der Waals surface area contributed by atoms with E-state index in [9.17, 15) is 9.59 Å². The summed E-state index contributed by atoms with van der Waals surface area (Å²) in [5.41, 5.74) is 4.30. The minimum absolute atomic E-state index is 0.000278. The maximum absolute atomic E-state index is 13.0. The molecule has 0 unspecified atom stereocenters. The molecule has 0 saturated carbocycles. The summed E-state index contributed by atoms with van der Waals surface area (Å²) in [6, 6.07) is 14.9. The topological polar surface area (TPSA) is 90.0 Å². The molecule has 1 saturated heterocycles. The van der Waals surface area contributed by atoms with Gasteiger partial charge in [0.25, 0.3) is 11.8 Å². The number of methoxy groups -OCH3 is 1. The van der Waals surface area contributed by atoms with Crippen molar-refractivity contribution in [3.63, 3.8) is 0 Å². The van der Waals surface area contributed by atoms with Gasteiger partial charge < -0.3 is 30.1 Å². The first-order valence-electron chi connectivity index (χ1n) is 12.0. The Morgan fingerprint density at radius 3 is 2.67 bits per heavy atom. The molecule has 9 nitrogen and oxygen atoms in total. The fraction of sp³-hybridized carbons (Fsp3) is 0.296. The zero-order chi connectivity index (χ0) is 25.2. The number of ether oxygens (including phenoxy) is 1. The smallest absolute Gasteiger partial charge is 0.260 e. The van der Waals surface area contributed by atoms with Crippen LogP contribution in [0.1, 0.15) is 27.1 Å². The summed E-state index contributed by atoms with van der Waals surface area (Å²) in [6.45, 7) is 3.15. The van der Waals surface area contributed by atoms with Gasteiger partial charge in [-0.05, 0) is 43.3 Å². The fourth-order valence-corrected chi connectivity index (χ4v) is 4.70. The number of carbonyl (C=O) groups excluding carboxylic acids is 2. The zero-order valence-electron chi connectivity index (χ0n) is 20.7. The van der Waals surface area contributed by atoms with E-state index in [-0.39, 0.29) is 11.8 Å². The fourth-order valence-electron chi connectivity index (χ4n) is 4.70. The highest BCUT2D eigenvalue weighted by molar-refractivity contribution is 6.13. The summed E-state index contributed by atoms with van der Waals surface area (Å²) in [5, 5.41) is 6.64. The van der Waals surface area contributed by atoms with Gasteiger partial charge in [0.2, 0.25) is 0 Å². The second-order valence-corrected chi connectivity index (χ2v) is 8.93. The first-order chi connectivity index (χ1) is 17.5. The van der Waals surface area contributed by atoms with Crippen LogP contribution < -0.4 is 25.2 Å². The van der Waals surface area contributed by atoms with Crippen LogP contribution in [0.15, 0.2) is 54.7 Å². The van der Waals surface area contributed by atoms with Gasteiger partial charge in [0.1, 0.15) is 11.6 Å². The number of nitrogens with zero attached hydrogens (tertiary/aromatic N) is 4. The number of aromatic nitrogens is 1. The molecule has 0 aliphatic carbocycles. The maximum atomic E-state index is 13.0.